The van der Waals surface area contributed by atoms with E-state index in [-0.39, 0.29) is 35.8 Å². The lowest BCUT2D eigenvalue weighted by Crippen LogP contribution is -2.19. The van der Waals surface area contributed by atoms with Crippen molar-refractivity contribution in [2.75, 3.05) is 24.7 Å². The lowest BCUT2D eigenvalue weighted by molar-refractivity contribution is -0.137. The van der Waals surface area contributed by atoms with E-state index in [0.717, 1.165) is 0 Å². The van der Waals surface area contributed by atoms with Gasteiger partial charge in [0.05, 0.1) is 24.3 Å². The van der Waals surface area contributed by atoms with Crippen molar-refractivity contribution in [2.24, 2.45) is 0 Å². The monoisotopic (exact) mass is 586 g/mol. The van der Waals surface area contributed by atoms with E-state index in [0.29, 0.717) is 36.2 Å². The third-order valence-electron chi connectivity index (χ3n) is 5.52. The largest absolute Gasteiger partial charge is 0.463 e. The molecule has 0 fully saturated rings. The second kappa shape index (κ2) is 15.7. The van der Waals surface area contributed by atoms with E-state index < -0.39 is 30.7 Å². The number of carbonyl (C=O) groups excluding carboxylic acids is 3. The molecule has 4 N–H and O–H groups in total. The van der Waals surface area contributed by atoms with Gasteiger partial charge in [0.1, 0.15) is 11.5 Å². The second-order valence-corrected chi connectivity index (χ2v) is 8.87. The molecule has 0 aliphatic heterocycles. The molecule has 3 aromatic carbocycles. The molecular weight excluding hydrogens is 557 g/mol. The minimum absolute atomic E-state index is 0.103. The molecule has 9 nitrogen and oxygen atoms in total. The van der Waals surface area contributed by atoms with Gasteiger partial charge in [-0.25, -0.2) is 23.2 Å². The SMILES string of the molecule is Nc1cc(N)cc(C(=O)OCCCCCOC(=O)C=Cc2ccc(OC(=O)c3ccc(OC(F)C(F)F)cc3)cc2)c1. The first kappa shape index (κ1) is 31.5. The normalized spacial score (nSPS) is 11.7. The third kappa shape index (κ3) is 10.5. The first-order valence-corrected chi connectivity index (χ1v) is 12.8. The zero-order valence-corrected chi connectivity index (χ0v) is 22.3. The van der Waals surface area contributed by atoms with Crippen LogP contribution >= 0.6 is 0 Å². The van der Waals surface area contributed by atoms with Gasteiger partial charge >= 0.3 is 24.3 Å². The van der Waals surface area contributed by atoms with Crippen LogP contribution in [0.1, 0.15) is 45.5 Å². The number of ether oxygens (including phenoxy) is 4. The average Bonchev–Trinajstić information content (AvgIpc) is 2.96. The quantitative estimate of drug-likeness (QED) is 0.0813. The molecule has 1 unspecified atom stereocenters. The molecule has 1 atom stereocenters. The van der Waals surface area contributed by atoms with Gasteiger partial charge in [-0.05, 0) is 85.5 Å². The molecule has 0 aromatic heterocycles. The van der Waals surface area contributed by atoms with Crippen molar-refractivity contribution in [3.8, 4) is 11.5 Å². The Kier molecular flexibility index (Phi) is 11.8. The van der Waals surface area contributed by atoms with Crippen molar-refractivity contribution in [3.05, 3.63) is 89.5 Å². The Morgan fingerprint density at radius 2 is 1.31 bits per heavy atom. The molecule has 0 spiro atoms. The fourth-order valence-electron chi connectivity index (χ4n) is 3.47. The molecule has 0 heterocycles. The van der Waals surface area contributed by atoms with Crippen molar-refractivity contribution in [1.82, 2.24) is 0 Å². The number of anilines is 2. The number of unbranched alkanes of at least 4 members (excludes halogenated alkanes) is 2. The summed E-state index contributed by atoms with van der Waals surface area (Å²) in [6, 6.07) is 15.7. The highest BCUT2D eigenvalue weighted by Crippen LogP contribution is 2.20. The van der Waals surface area contributed by atoms with Gasteiger partial charge in [0, 0.05) is 17.5 Å². The maximum Gasteiger partial charge on any atom is 0.343 e. The topological polar surface area (TPSA) is 140 Å². The van der Waals surface area contributed by atoms with Crippen LogP contribution in [-0.2, 0) is 14.3 Å². The van der Waals surface area contributed by atoms with Crippen LogP contribution in [0, 0.1) is 0 Å². The molecule has 42 heavy (non-hydrogen) atoms. The summed E-state index contributed by atoms with van der Waals surface area (Å²) in [5, 5.41) is 0. The smallest absolute Gasteiger partial charge is 0.343 e. The van der Waals surface area contributed by atoms with E-state index in [4.69, 9.17) is 25.7 Å². The summed E-state index contributed by atoms with van der Waals surface area (Å²) in [7, 11) is 0. The van der Waals surface area contributed by atoms with E-state index >= 15 is 0 Å². The summed E-state index contributed by atoms with van der Waals surface area (Å²) in [6.45, 7) is 0.407. The minimum atomic E-state index is -3.29. The van der Waals surface area contributed by atoms with Gasteiger partial charge in [-0.2, -0.15) is 4.39 Å². The van der Waals surface area contributed by atoms with Crippen LogP contribution in [0.5, 0.6) is 11.5 Å². The number of benzene rings is 3. The first-order chi connectivity index (χ1) is 20.1. The highest BCUT2D eigenvalue weighted by atomic mass is 19.3. The van der Waals surface area contributed by atoms with E-state index in [9.17, 15) is 27.6 Å². The summed E-state index contributed by atoms with van der Waals surface area (Å²) >= 11 is 0. The lowest BCUT2D eigenvalue weighted by Gasteiger charge is -2.10. The van der Waals surface area contributed by atoms with Gasteiger partial charge in [-0.15, -0.1) is 0 Å². The zero-order chi connectivity index (χ0) is 30.5. The summed E-state index contributed by atoms with van der Waals surface area (Å²) in [5.41, 5.74) is 13.1. The molecule has 222 valence electrons. The van der Waals surface area contributed by atoms with Gasteiger partial charge in [0.15, 0.2) is 0 Å². The predicted molar refractivity (Wildman–Crippen MR) is 149 cm³/mol. The number of esters is 3. The molecule has 0 saturated heterocycles. The van der Waals surface area contributed by atoms with Crippen molar-refractivity contribution in [2.45, 2.75) is 32.0 Å². The minimum Gasteiger partial charge on any atom is -0.463 e. The predicted octanol–water partition coefficient (Wildman–Crippen LogP) is 5.59. The highest BCUT2D eigenvalue weighted by molar-refractivity contribution is 5.92. The zero-order valence-electron chi connectivity index (χ0n) is 22.3. The Morgan fingerprint density at radius 3 is 1.93 bits per heavy atom. The fourth-order valence-corrected chi connectivity index (χ4v) is 3.47. The number of nitrogens with two attached hydrogens (primary N) is 2. The molecule has 0 radical (unpaired) electrons. The standard InChI is InChI=1S/C30H29F3N2O7/c31-27(32)28(33)41-24-11-7-20(8-12-24)30(38)42-25-9-4-19(5-10-25)6-13-26(36)39-14-2-1-3-15-40-29(37)21-16-22(34)18-23(35)17-21/h4-13,16-18,27-28H,1-3,14-15,34-35H2. The molecule has 3 aromatic rings. The van der Waals surface area contributed by atoms with E-state index in [1.807, 2.05) is 0 Å². The van der Waals surface area contributed by atoms with Gasteiger partial charge in [-0.3, -0.25) is 0 Å². The second-order valence-electron chi connectivity index (χ2n) is 8.87. The molecule has 0 saturated carbocycles. The van der Waals surface area contributed by atoms with Crippen molar-refractivity contribution in [3.63, 3.8) is 0 Å². The van der Waals surface area contributed by atoms with Crippen molar-refractivity contribution in [1.29, 1.82) is 0 Å². The van der Waals surface area contributed by atoms with Crippen LogP contribution < -0.4 is 20.9 Å². The van der Waals surface area contributed by atoms with Crippen LogP contribution in [0.25, 0.3) is 6.08 Å². The molecular formula is C30H29F3N2O7. The van der Waals surface area contributed by atoms with Gasteiger partial charge in [0.2, 0.25) is 0 Å². The average molecular weight is 587 g/mol. The first-order valence-electron chi connectivity index (χ1n) is 12.8. The molecule has 0 aliphatic rings. The number of hydrogen-bond donors (Lipinski definition) is 2. The Labute approximate surface area is 239 Å². The lowest BCUT2D eigenvalue weighted by atomic mass is 10.2. The van der Waals surface area contributed by atoms with Crippen molar-refractivity contribution < 1.29 is 46.5 Å². The molecule has 12 heteroatoms. The van der Waals surface area contributed by atoms with Crippen LogP contribution in [0.2, 0.25) is 0 Å². The Bertz CT molecular complexity index is 1360. The molecule has 3 rings (SSSR count). The van der Waals surface area contributed by atoms with Gasteiger partial charge in [-0.1, -0.05) is 12.1 Å². The van der Waals surface area contributed by atoms with E-state index in [1.54, 1.807) is 18.2 Å². The highest BCUT2D eigenvalue weighted by Gasteiger charge is 2.21. The van der Waals surface area contributed by atoms with Crippen LogP contribution in [0.4, 0.5) is 24.5 Å². The van der Waals surface area contributed by atoms with Crippen LogP contribution in [0.3, 0.4) is 0 Å². The van der Waals surface area contributed by atoms with E-state index in [2.05, 4.69) is 4.74 Å². The summed E-state index contributed by atoms with van der Waals surface area (Å²) in [4.78, 5) is 36.3. The summed E-state index contributed by atoms with van der Waals surface area (Å²) in [5.74, 6) is -1.69. The number of halogens is 3. The molecule has 0 aliphatic carbocycles. The number of nitrogen functional groups attached to an aromatic ring is 2. The summed E-state index contributed by atoms with van der Waals surface area (Å²) < 4.78 is 57.5. The maximum atomic E-state index is 13.0. The Balaban J connectivity index is 1.32. The third-order valence-corrected chi connectivity index (χ3v) is 5.52. The Hall–Kier alpha value is -5.00. The van der Waals surface area contributed by atoms with Crippen molar-refractivity contribution >= 4 is 35.4 Å². The molecule has 0 bridgehead atoms. The maximum absolute atomic E-state index is 13.0. The molecule has 0 amide bonds. The number of hydrogen-bond acceptors (Lipinski definition) is 9. The van der Waals surface area contributed by atoms with Gasteiger partial charge in [0.25, 0.3) is 6.36 Å². The Morgan fingerprint density at radius 1 is 0.714 bits per heavy atom. The van der Waals surface area contributed by atoms with E-state index in [1.165, 1.54) is 60.7 Å². The number of carbonyl (C=O) groups is 3. The fraction of sp³-hybridized carbons (Fsp3) is 0.233. The van der Waals surface area contributed by atoms with Crippen LogP contribution in [-0.4, -0.2) is 43.9 Å². The summed E-state index contributed by atoms with van der Waals surface area (Å²) in [6.07, 6.45) is -1.40. The number of rotatable bonds is 14. The van der Waals surface area contributed by atoms with Gasteiger partial charge < -0.3 is 30.4 Å². The number of alkyl halides is 3. The van der Waals surface area contributed by atoms with Crippen LogP contribution in [0.15, 0.2) is 72.8 Å².